The Morgan fingerprint density at radius 1 is 1.14 bits per heavy atom. The van der Waals surface area contributed by atoms with Gasteiger partial charge in [0.25, 0.3) is 5.91 Å². The van der Waals surface area contributed by atoms with Crippen LogP contribution in [0.3, 0.4) is 0 Å². The van der Waals surface area contributed by atoms with Crippen LogP contribution >= 0.6 is 34.3 Å². The largest absolute Gasteiger partial charge is 0.484 e. The fourth-order valence-corrected chi connectivity index (χ4v) is 4.35. The summed E-state index contributed by atoms with van der Waals surface area (Å²) in [6.45, 7) is 3.83. The molecule has 0 saturated heterocycles. The van der Waals surface area contributed by atoms with E-state index in [4.69, 9.17) is 16.3 Å². The SMILES string of the molecule is CC(=O)NCc1ccc(-c2nc(NC(=O)COc3ccc(Cl)cc3)sc2C)s1. The van der Waals surface area contributed by atoms with Gasteiger partial charge in [0, 0.05) is 21.7 Å². The molecule has 0 bridgehead atoms. The predicted molar refractivity (Wildman–Crippen MR) is 113 cm³/mol. The highest BCUT2D eigenvalue weighted by Crippen LogP contribution is 2.34. The molecule has 3 aromatic rings. The number of benzene rings is 1. The first-order valence-corrected chi connectivity index (χ1v) is 10.4. The first kappa shape index (κ1) is 20.3. The molecule has 0 atom stereocenters. The van der Waals surface area contributed by atoms with Crippen LogP contribution in [0, 0.1) is 6.92 Å². The van der Waals surface area contributed by atoms with Gasteiger partial charge < -0.3 is 10.1 Å². The van der Waals surface area contributed by atoms with Crippen LogP contribution in [0.5, 0.6) is 5.75 Å². The molecule has 0 saturated carbocycles. The number of ether oxygens (including phenoxy) is 1. The number of rotatable bonds is 7. The fourth-order valence-electron chi connectivity index (χ4n) is 2.33. The van der Waals surface area contributed by atoms with Crippen molar-refractivity contribution in [1.29, 1.82) is 0 Å². The third-order valence-corrected chi connectivity index (χ3v) is 5.86. The number of thiazole rings is 1. The van der Waals surface area contributed by atoms with Gasteiger partial charge in [-0.3, -0.25) is 14.9 Å². The van der Waals surface area contributed by atoms with E-state index >= 15 is 0 Å². The number of halogens is 1. The van der Waals surface area contributed by atoms with E-state index in [1.54, 1.807) is 35.6 Å². The minimum Gasteiger partial charge on any atom is -0.484 e. The Labute approximate surface area is 175 Å². The van der Waals surface area contributed by atoms with Gasteiger partial charge >= 0.3 is 0 Å². The molecule has 9 heteroatoms. The lowest BCUT2D eigenvalue weighted by Crippen LogP contribution is -2.20. The van der Waals surface area contributed by atoms with E-state index in [1.807, 2.05) is 19.1 Å². The summed E-state index contributed by atoms with van der Waals surface area (Å²) in [5, 5.41) is 6.68. The zero-order chi connectivity index (χ0) is 20.1. The zero-order valence-corrected chi connectivity index (χ0v) is 17.6. The molecule has 0 unspecified atom stereocenters. The number of hydrogen-bond acceptors (Lipinski definition) is 6. The lowest BCUT2D eigenvalue weighted by Gasteiger charge is -2.05. The Morgan fingerprint density at radius 3 is 2.61 bits per heavy atom. The van der Waals surface area contributed by atoms with Crippen molar-refractivity contribution in [2.75, 3.05) is 11.9 Å². The average Bonchev–Trinajstić information content (AvgIpc) is 3.26. The zero-order valence-electron chi connectivity index (χ0n) is 15.2. The van der Waals surface area contributed by atoms with Gasteiger partial charge in [-0.2, -0.15) is 0 Å². The highest BCUT2D eigenvalue weighted by molar-refractivity contribution is 7.18. The van der Waals surface area contributed by atoms with Gasteiger partial charge in [0.15, 0.2) is 11.7 Å². The van der Waals surface area contributed by atoms with Crippen molar-refractivity contribution in [3.63, 3.8) is 0 Å². The Hall–Kier alpha value is -2.42. The lowest BCUT2D eigenvalue weighted by atomic mass is 10.3. The number of thiophene rings is 1. The quantitative estimate of drug-likeness (QED) is 0.573. The third-order valence-electron chi connectivity index (χ3n) is 3.63. The van der Waals surface area contributed by atoms with Crippen molar-refractivity contribution < 1.29 is 14.3 Å². The summed E-state index contributed by atoms with van der Waals surface area (Å²) in [5.41, 5.74) is 0.831. The van der Waals surface area contributed by atoms with Gasteiger partial charge in [-0.05, 0) is 43.3 Å². The monoisotopic (exact) mass is 435 g/mol. The molecular formula is C19H18ClN3O3S2. The van der Waals surface area contributed by atoms with Crippen LogP contribution in [0.1, 0.15) is 16.7 Å². The third kappa shape index (κ3) is 5.54. The van der Waals surface area contributed by atoms with Gasteiger partial charge in [-0.25, -0.2) is 4.98 Å². The summed E-state index contributed by atoms with van der Waals surface area (Å²) in [6.07, 6.45) is 0. The maximum atomic E-state index is 12.1. The van der Waals surface area contributed by atoms with Gasteiger partial charge in [0.1, 0.15) is 5.75 Å². The molecule has 3 rings (SSSR count). The molecule has 146 valence electrons. The summed E-state index contributed by atoms with van der Waals surface area (Å²) in [4.78, 5) is 30.7. The van der Waals surface area contributed by atoms with Gasteiger partial charge in [0.05, 0.1) is 17.1 Å². The van der Waals surface area contributed by atoms with Crippen molar-refractivity contribution in [2.24, 2.45) is 0 Å². The molecule has 0 fully saturated rings. The number of nitrogens with zero attached hydrogens (tertiary/aromatic N) is 1. The summed E-state index contributed by atoms with van der Waals surface area (Å²) in [6, 6.07) is 10.7. The molecule has 28 heavy (non-hydrogen) atoms. The number of carbonyl (C=O) groups excluding carboxylic acids is 2. The minimum atomic E-state index is -0.284. The summed E-state index contributed by atoms with van der Waals surface area (Å²) >= 11 is 8.80. The van der Waals surface area contributed by atoms with Gasteiger partial charge in [-0.15, -0.1) is 22.7 Å². The molecule has 6 nitrogen and oxygen atoms in total. The first-order valence-electron chi connectivity index (χ1n) is 8.40. The molecule has 0 aliphatic heterocycles. The summed E-state index contributed by atoms with van der Waals surface area (Å²) in [7, 11) is 0. The highest BCUT2D eigenvalue weighted by atomic mass is 35.5. The van der Waals surface area contributed by atoms with Crippen LogP contribution in [0.4, 0.5) is 5.13 Å². The Bertz CT molecular complexity index is 983. The van der Waals surface area contributed by atoms with Crippen LogP contribution in [0.15, 0.2) is 36.4 Å². The maximum absolute atomic E-state index is 12.1. The predicted octanol–water partition coefficient (Wildman–Crippen LogP) is 4.49. The van der Waals surface area contributed by atoms with Crippen molar-refractivity contribution in [2.45, 2.75) is 20.4 Å². The molecule has 2 heterocycles. The molecule has 1 aromatic carbocycles. The Kier molecular flexibility index (Phi) is 6.66. The van der Waals surface area contributed by atoms with Crippen LogP contribution < -0.4 is 15.4 Å². The smallest absolute Gasteiger partial charge is 0.264 e. The Balaban J connectivity index is 1.59. The van der Waals surface area contributed by atoms with E-state index in [0.717, 1.165) is 20.3 Å². The average molecular weight is 436 g/mol. The van der Waals surface area contributed by atoms with E-state index < -0.39 is 0 Å². The van der Waals surface area contributed by atoms with E-state index in [1.165, 1.54) is 18.3 Å². The van der Waals surface area contributed by atoms with Gasteiger partial charge in [-0.1, -0.05) is 11.6 Å². The van der Waals surface area contributed by atoms with Crippen molar-refractivity contribution in [3.05, 3.63) is 51.2 Å². The van der Waals surface area contributed by atoms with Gasteiger partial charge in [0.2, 0.25) is 5.91 Å². The number of amides is 2. The minimum absolute atomic E-state index is 0.0643. The highest BCUT2D eigenvalue weighted by Gasteiger charge is 2.14. The fraction of sp³-hybridized carbons (Fsp3) is 0.211. The molecule has 2 N–H and O–H groups in total. The second-order valence-electron chi connectivity index (χ2n) is 5.89. The van der Waals surface area contributed by atoms with E-state index in [-0.39, 0.29) is 18.4 Å². The number of carbonyl (C=O) groups is 2. The first-order chi connectivity index (χ1) is 13.4. The number of aryl methyl sites for hydroxylation is 1. The van der Waals surface area contributed by atoms with Crippen molar-refractivity contribution in [3.8, 4) is 16.3 Å². The molecule has 0 spiro atoms. The second-order valence-corrected chi connectivity index (χ2v) is 8.70. The number of anilines is 1. The van der Waals surface area contributed by atoms with Crippen LogP contribution in [-0.4, -0.2) is 23.4 Å². The van der Waals surface area contributed by atoms with Crippen molar-refractivity contribution >= 4 is 51.2 Å². The van der Waals surface area contributed by atoms with E-state index in [0.29, 0.717) is 22.4 Å². The van der Waals surface area contributed by atoms with Crippen LogP contribution in [0.2, 0.25) is 5.02 Å². The lowest BCUT2D eigenvalue weighted by molar-refractivity contribution is -0.119. The number of nitrogens with one attached hydrogen (secondary N) is 2. The molecule has 0 radical (unpaired) electrons. The molecule has 0 aliphatic rings. The molecule has 0 aliphatic carbocycles. The van der Waals surface area contributed by atoms with Crippen LogP contribution in [0.25, 0.3) is 10.6 Å². The molecular weight excluding hydrogens is 418 g/mol. The van der Waals surface area contributed by atoms with E-state index in [9.17, 15) is 9.59 Å². The van der Waals surface area contributed by atoms with Crippen LogP contribution in [-0.2, 0) is 16.1 Å². The topological polar surface area (TPSA) is 80.3 Å². The Morgan fingerprint density at radius 2 is 1.89 bits per heavy atom. The summed E-state index contributed by atoms with van der Waals surface area (Å²) < 4.78 is 5.44. The van der Waals surface area contributed by atoms with Crippen molar-refractivity contribution in [1.82, 2.24) is 10.3 Å². The second kappa shape index (κ2) is 9.18. The maximum Gasteiger partial charge on any atom is 0.264 e. The molecule has 2 amide bonds. The molecule has 2 aromatic heterocycles. The number of aromatic nitrogens is 1. The normalized spacial score (nSPS) is 10.5. The summed E-state index contributed by atoms with van der Waals surface area (Å²) in [5.74, 6) is 0.222. The number of hydrogen-bond donors (Lipinski definition) is 2. The van der Waals surface area contributed by atoms with E-state index in [2.05, 4.69) is 15.6 Å². The standard InChI is InChI=1S/C19H18ClN3O3S2/c1-11-18(16-8-7-15(28-16)9-21-12(2)24)23-19(27-11)22-17(25)10-26-14-5-3-13(20)4-6-14/h3-8H,9-10H2,1-2H3,(H,21,24)(H,22,23,25).